The Morgan fingerprint density at radius 1 is 1.03 bits per heavy atom. The molecule has 2 N–H and O–H groups in total. The van der Waals surface area contributed by atoms with Crippen LogP contribution in [0.3, 0.4) is 0 Å². The number of amides is 3. The van der Waals surface area contributed by atoms with Crippen molar-refractivity contribution in [3.8, 4) is 0 Å². The Hall–Kier alpha value is -2.08. The highest BCUT2D eigenvalue weighted by Gasteiger charge is 2.25. The van der Waals surface area contributed by atoms with E-state index in [1.165, 1.54) is 25.7 Å². The van der Waals surface area contributed by atoms with Crippen molar-refractivity contribution < 1.29 is 9.59 Å². The number of hydrogen-bond donors (Lipinski definition) is 2. The van der Waals surface area contributed by atoms with Crippen LogP contribution in [0.4, 0.5) is 4.79 Å². The fourth-order valence-corrected chi connectivity index (χ4v) is 4.42. The Kier molecular flexibility index (Phi) is 8.35. The third kappa shape index (κ3) is 6.46. The lowest BCUT2D eigenvalue weighted by Crippen LogP contribution is -2.44. The molecule has 0 spiro atoms. The lowest BCUT2D eigenvalue weighted by molar-refractivity contribution is 0.0948. The molecule has 0 radical (unpaired) electrons. The smallest absolute Gasteiger partial charge is 0.317 e. The lowest BCUT2D eigenvalue weighted by atomic mass is 9.89. The molecule has 2 fully saturated rings. The average molecular weight is 401 g/mol. The van der Waals surface area contributed by atoms with Crippen molar-refractivity contribution in [1.29, 1.82) is 0 Å². The summed E-state index contributed by atoms with van der Waals surface area (Å²) in [4.78, 5) is 29.2. The molecule has 2 aliphatic rings. The van der Waals surface area contributed by atoms with E-state index < -0.39 is 0 Å². The van der Waals surface area contributed by atoms with E-state index in [2.05, 4.69) is 21.6 Å². The summed E-state index contributed by atoms with van der Waals surface area (Å²) < 4.78 is 0. The fourth-order valence-electron chi connectivity index (χ4n) is 4.42. The van der Waals surface area contributed by atoms with Crippen molar-refractivity contribution in [1.82, 2.24) is 20.4 Å². The van der Waals surface area contributed by atoms with Gasteiger partial charge in [-0.05, 0) is 63.4 Å². The molecular formula is C23H36N4O2. The summed E-state index contributed by atoms with van der Waals surface area (Å²) >= 11 is 0. The van der Waals surface area contributed by atoms with Gasteiger partial charge in [0.1, 0.15) is 0 Å². The molecule has 2 saturated heterocycles. The molecule has 1 aromatic rings. The van der Waals surface area contributed by atoms with E-state index in [9.17, 15) is 9.59 Å². The summed E-state index contributed by atoms with van der Waals surface area (Å²) in [6.45, 7) is 8.02. The van der Waals surface area contributed by atoms with E-state index >= 15 is 0 Å². The number of carbonyl (C=O) groups is 2. The molecule has 3 amide bonds. The number of carbonyl (C=O) groups excluding carboxylic acids is 2. The van der Waals surface area contributed by atoms with Gasteiger partial charge in [-0.15, -0.1) is 0 Å². The van der Waals surface area contributed by atoms with Gasteiger partial charge < -0.3 is 20.4 Å². The van der Waals surface area contributed by atoms with Crippen molar-refractivity contribution >= 4 is 11.9 Å². The van der Waals surface area contributed by atoms with Gasteiger partial charge >= 0.3 is 6.03 Å². The lowest BCUT2D eigenvalue weighted by Gasteiger charge is -2.33. The fraction of sp³-hybridized carbons (Fsp3) is 0.652. The molecule has 2 heterocycles. The number of hydrogen-bond acceptors (Lipinski definition) is 3. The van der Waals surface area contributed by atoms with Gasteiger partial charge in [0.25, 0.3) is 5.91 Å². The predicted octanol–water partition coefficient (Wildman–Crippen LogP) is 3.20. The zero-order chi connectivity index (χ0) is 20.5. The second kappa shape index (κ2) is 11.2. The van der Waals surface area contributed by atoms with E-state index in [0.717, 1.165) is 44.6 Å². The first kappa shape index (κ1) is 21.6. The van der Waals surface area contributed by atoms with Crippen LogP contribution in [0.15, 0.2) is 24.3 Å². The van der Waals surface area contributed by atoms with Crippen LogP contribution in [-0.2, 0) is 0 Å². The van der Waals surface area contributed by atoms with Gasteiger partial charge in [-0.2, -0.15) is 0 Å². The molecule has 0 unspecified atom stereocenters. The molecule has 0 aromatic heterocycles. The summed E-state index contributed by atoms with van der Waals surface area (Å²) in [6, 6.07) is 7.95. The molecule has 1 aromatic carbocycles. The van der Waals surface area contributed by atoms with E-state index in [0.29, 0.717) is 25.2 Å². The molecule has 6 heteroatoms. The van der Waals surface area contributed by atoms with Crippen LogP contribution in [0.2, 0.25) is 0 Å². The largest absolute Gasteiger partial charge is 0.351 e. The van der Waals surface area contributed by atoms with Crippen LogP contribution in [0.25, 0.3) is 0 Å². The van der Waals surface area contributed by atoms with E-state index in [1.807, 2.05) is 30.0 Å². The maximum absolute atomic E-state index is 12.6. The number of likely N-dealkylation sites (tertiary alicyclic amines) is 2. The van der Waals surface area contributed by atoms with E-state index in [1.54, 1.807) is 0 Å². The highest BCUT2D eigenvalue weighted by Crippen LogP contribution is 2.27. The zero-order valence-corrected chi connectivity index (χ0v) is 17.8. The van der Waals surface area contributed by atoms with Crippen molar-refractivity contribution in [3.05, 3.63) is 35.4 Å². The van der Waals surface area contributed by atoms with Gasteiger partial charge in [-0.25, -0.2) is 4.79 Å². The first-order valence-corrected chi connectivity index (χ1v) is 11.3. The van der Waals surface area contributed by atoms with Crippen LogP contribution in [-0.4, -0.2) is 67.6 Å². The first-order valence-electron chi connectivity index (χ1n) is 11.3. The Balaban J connectivity index is 1.52. The third-order valence-electron chi connectivity index (χ3n) is 6.07. The van der Waals surface area contributed by atoms with Gasteiger partial charge in [-0.3, -0.25) is 4.79 Å². The molecule has 1 atom stereocenters. The number of nitrogens with one attached hydrogen (secondary N) is 2. The maximum Gasteiger partial charge on any atom is 0.317 e. The third-order valence-corrected chi connectivity index (χ3v) is 6.07. The molecule has 0 bridgehead atoms. The predicted molar refractivity (Wildman–Crippen MR) is 116 cm³/mol. The number of benzene rings is 1. The Bertz CT molecular complexity index is 671. The summed E-state index contributed by atoms with van der Waals surface area (Å²) in [5, 5.41) is 5.98. The molecule has 3 rings (SSSR count). The minimum absolute atomic E-state index is 0.00179. The van der Waals surface area contributed by atoms with Crippen LogP contribution in [0.5, 0.6) is 0 Å². The van der Waals surface area contributed by atoms with Gasteiger partial charge in [0.2, 0.25) is 0 Å². The molecule has 29 heavy (non-hydrogen) atoms. The monoisotopic (exact) mass is 400 g/mol. The highest BCUT2D eigenvalue weighted by atomic mass is 16.2. The van der Waals surface area contributed by atoms with Crippen LogP contribution >= 0.6 is 0 Å². The van der Waals surface area contributed by atoms with E-state index in [-0.39, 0.29) is 17.9 Å². The van der Waals surface area contributed by atoms with Crippen molar-refractivity contribution in [2.24, 2.45) is 0 Å². The SMILES string of the molecule is CCNC(=O)N1CCC[C@H](c2cccc(C(=O)NCCN3CCCCCC3)c2)C1. The van der Waals surface area contributed by atoms with Crippen LogP contribution in [0, 0.1) is 0 Å². The van der Waals surface area contributed by atoms with E-state index in [4.69, 9.17) is 0 Å². The summed E-state index contributed by atoms with van der Waals surface area (Å²) in [5.74, 6) is 0.286. The van der Waals surface area contributed by atoms with Crippen LogP contribution in [0.1, 0.15) is 67.3 Å². The molecule has 0 aliphatic carbocycles. The normalized spacial score (nSPS) is 20.7. The number of urea groups is 1. The second-order valence-electron chi connectivity index (χ2n) is 8.26. The minimum Gasteiger partial charge on any atom is -0.351 e. The molecule has 0 saturated carbocycles. The highest BCUT2D eigenvalue weighted by molar-refractivity contribution is 5.94. The summed E-state index contributed by atoms with van der Waals surface area (Å²) in [7, 11) is 0. The van der Waals surface area contributed by atoms with Crippen molar-refractivity contribution in [2.45, 2.75) is 51.4 Å². The number of nitrogens with zero attached hydrogens (tertiary/aromatic N) is 2. The zero-order valence-electron chi connectivity index (χ0n) is 17.8. The summed E-state index contributed by atoms with van der Waals surface area (Å²) in [5.41, 5.74) is 1.87. The quantitative estimate of drug-likeness (QED) is 0.771. The van der Waals surface area contributed by atoms with Crippen molar-refractivity contribution in [3.63, 3.8) is 0 Å². The van der Waals surface area contributed by atoms with Crippen molar-refractivity contribution in [2.75, 3.05) is 45.8 Å². The Labute approximate surface area is 175 Å². The summed E-state index contributed by atoms with van der Waals surface area (Å²) in [6.07, 6.45) is 7.24. The van der Waals surface area contributed by atoms with Crippen LogP contribution < -0.4 is 10.6 Å². The molecule has 6 nitrogen and oxygen atoms in total. The molecule has 2 aliphatic heterocycles. The van der Waals surface area contributed by atoms with Gasteiger partial charge in [0.05, 0.1) is 0 Å². The second-order valence-corrected chi connectivity index (χ2v) is 8.26. The number of piperidine rings is 1. The molecule has 160 valence electrons. The van der Waals surface area contributed by atoms with Gasteiger partial charge in [0.15, 0.2) is 0 Å². The minimum atomic E-state index is -0.00179. The topological polar surface area (TPSA) is 64.7 Å². The Morgan fingerprint density at radius 2 is 1.83 bits per heavy atom. The number of rotatable bonds is 6. The standard InChI is InChI=1S/C23H36N4O2/c1-2-24-23(29)27-15-8-11-21(18-27)19-9-7-10-20(17-19)22(28)25-12-16-26-13-5-3-4-6-14-26/h7,9-10,17,21H,2-6,8,11-16,18H2,1H3,(H,24,29)(H,25,28)/t21-/m0/s1. The van der Waals surface area contributed by atoms with Gasteiger partial charge in [-0.1, -0.05) is 25.0 Å². The Morgan fingerprint density at radius 3 is 2.59 bits per heavy atom. The molecular weight excluding hydrogens is 364 g/mol. The van der Waals surface area contributed by atoms with Gasteiger partial charge in [0, 0.05) is 44.2 Å². The first-order chi connectivity index (χ1) is 14.2. The maximum atomic E-state index is 12.6. The average Bonchev–Trinajstić information content (AvgIpc) is 3.03.